The molecular formula is C17H22Cl3N3O2S. The molecule has 0 aliphatic carbocycles. The van der Waals surface area contributed by atoms with E-state index in [0.29, 0.717) is 28.3 Å². The van der Waals surface area contributed by atoms with Crippen molar-refractivity contribution in [2.75, 3.05) is 19.6 Å². The molecule has 0 radical (unpaired) electrons. The predicted octanol–water partition coefficient (Wildman–Crippen LogP) is 3.80. The SMILES string of the molecule is CC(SCc1ncc(-c2ccc(Cl)cc2)o1)C(=O)NCC1CNC1.Cl.Cl. The van der Waals surface area contributed by atoms with E-state index >= 15 is 0 Å². The van der Waals surface area contributed by atoms with Crippen LogP contribution in [-0.2, 0) is 10.5 Å². The molecule has 1 aliphatic heterocycles. The molecule has 1 unspecified atom stereocenters. The lowest BCUT2D eigenvalue weighted by atomic mass is 10.0. The van der Waals surface area contributed by atoms with Crippen molar-refractivity contribution in [1.82, 2.24) is 15.6 Å². The van der Waals surface area contributed by atoms with E-state index < -0.39 is 0 Å². The van der Waals surface area contributed by atoms with Crippen molar-refractivity contribution in [3.8, 4) is 11.3 Å². The van der Waals surface area contributed by atoms with Gasteiger partial charge < -0.3 is 15.1 Å². The Kier molecular flexibility index (Phi) is 9.82. The van der Waals surface area contributed by atoms with Gasteiger partial charge in [-0.15, -0.1) is 36.6 Å². The van der Waals surface area contributed by atoms with E-state index in [9.17, 15) is 4.79 Å². The summed E-state index contributed by atoms with van der Waals surface area (Å²) in [5.41, 5.74) is 0.933. The van der Waals surface area contributed by atoms with Gasteiger partial charge in [0.2, 0.25) is 11.8 Å². The van der Waals surface area contributed by atoms with Gasteiger partial charge in [-0.3, -0.25) is 4.79 Å². The van der Waals surface area contributed by atoms with Crippen LogP contribution in [0.5, 0.6) is 0 Å². The van der Waals surface area contributed by atoms with Gasteiger partial charge in [0.05, 0.1) is 17.2 Å². The Morgan fingerprint density at radius 1 is 1.38 bits per heavy atom. The van der Waals surface area contributed by atoms with Gasteiger partial charge in [0.15, 0.2) is 5.76 Å². The zero-order chi connectivity index (χ0) is 16.9. The number of carbonyl (C=O) groups is 1. The number of benzene rings is 1. The van der Waals surface area contributed by atoms with E-state index in [1.54, 1.807) is 6.20 Å². The number of amides is 1. The summed E-state index contributed by atoms with van der Waals surface area (Å²) in [6.07, 6.45) is 1.70. The number of rotatable bonds is 7. The Balaban J connectivity index is 0.00000169. The minimum Gasteiger partial charge on any atom is -0.440 e. The average molecular weight is 439 g/mol. The van der Waals surface area contributed by atoms with Crippen molar-refractivity contribution in [2.45, 2.75) is 17.9 Å². The number of halogens is 3. The maximum Gasteiger partial charge on any atom is 0.232 e. The largest absolute Gasteiger partial charge is 0.440 e. The second kappa shape index (κ2) is 11.0. The third kappa shape index (κ3) is 6.35. The van der Waals surface area contributed by atoms with Crippen LogP contribution in [0.1, 0.15) is 12.8 Å². The van der Waals surface area contributed by atoms with Gasteiger partial charge in [-0.25, -0.2) is 4.98 Å². The van der Waals surface area contributed by atoms with E-state index in [2.05, 4.69) is 15.6 Å². The van der Waals surface area contributed by atoms with Gasteiger partial charge in [-0.1, -0.05) is 11.6 Å². The summed E-state index contributed by atoms with van der Waals surface area (Å²) in [5, 5.41) is 6.74. The van der Waals surface area contributed by atoms with Crippen molar-refractivity contribution in [1.29, 1.82) is 0 Å². The number of hydrogen-bond acceptors (Lipinski definition) is 5. The molecule has 1 fully saturated rings. The number of nitrogens with zero attached hydrogens (tertiary/aromatic N) is 1. The highest BCUT2D eigenvalue weighted by molar-refractivity contribution is 7.99. The lowest BCUT2D eigenvalue weighted by Gasteiger charge is -2.27. The Bertz CT molecular complexity index is 693. The second-order valence-corrected chi connectivity index (χ2v) is 7.61. The van der Waals surface area contributed by atoms with Crippen LogP contribution < -0.4 is 10.6 Å². The molecule has 1 atom stereocenters. The highest BCUT2D eigenvalue weighted by Gasteiger charge is 2.20. The maximum absolute atomic E-state index is 12.1. The fourth-order valence-corrected chi connectivity index (χ4v) is 3.16. The average Bonchev–Trinajstić information content (AvgIpc) is 3.00. The number of aromatic nitrogens is 1. The van der Waals surface area contributed by atoms with Crippen molar-refractivity contribution >= 4 is 54.1 Å². The number of hydrogen-bond donors (Lipinski definition) is 2. The molecule has 1 aromatic heterocycles. The third-order valence-corrected chi connectivity index (χ3v) is 5.32. The molecule has 0 spiro atoms. The molecule has 1 aliphatic rings. The maximum atomic E-state index is 12.1. The number of thioether (sulfide) groups is 1. The Morgan fingerprint density at radius 2 is 2.08 bits per heavy atom. The molecule has 2 heterocycles. The minimum absolute atomic E-state index is 0. The third-order valence-electron chi connectivity index (χ3n) is 3.94. The van der Waals surface area contributed by atoms with Crippen LogP contribution in [0.3, 0.4) is 0 Å². The van der Waals surface area contributed by atoms with Crippen LogP contribution in [0, 0.1) is 5.92 Å². The van der Waals surface area contributed by atoms with Gasteiger partial charge in [-0.05, 0) is 31.2 Å². The van der Waals surface area contributed by atoms with Crippen molar-refractivity contribution in [3.63, 3.8) is 0 Å². The van der Waals surface area contributed by atoms with E-state index in [-0.39, 0.29) is 36.0 Å². The van der Waals surface area contributed by atoms with Gasteiger partial charge in [0.1, 0.15) is 0 Å². The van der Waals surface area contributed by atoms with Crippen molar-refractivity contribution in [3.05, 3.63) is 41.4 Å². The van der Waals surface area contributed by atoms with Gasteiger partial charge >= 0.3 is 0 Å². The second-order valence-electron chi connectivity index (χ2n) is 5.85. The molecular weight excluding hydrogens is 417 g/mol. The quantitative estimate of drug-likeness (QED) is 0.688. The highest BCUT2D eigenvalue weighted by atomic mass is 35.5. The summed E-state index contributed by atoms with van der Waals surface area (Å²) in [4.78, 5) is 16.3. The van der Waals surface area contributed by atoms with Gasteiger partial charge in [-0.2, -0.15) is 0 Å². The van der Waals surface area contributed by atoms with Crippen LogP contribution in [0.2, 0.25) is 5.02 Å². The van der Waals surface area contributed by atoms with E-state index in [0.717, 1.165) is 25.2 Å². The summed E-state index contributed by atoms with van der Waals surface area (Å²) in [5.74, 6) is 2.52. The smallest absolute Gasteiger partial charge is 0.232 e. The lowest BCUT2D eigenvalue weighted by Crippen LogP contribution is -2.49. The number of nitrogens with one attached hydrogen (secondary N) is 2. The first kappa shape index (κ1) is 23.1. The number of carbonyl (C=O) groups excluding carboxylic acids is 1. The monoisotopic (exact) mass is 437 g/mol. The first-order chi connectivity index (χ1) is 11.6. The van der Waals surface area contributed by atoms with E-state index in [1.165, 1.54) is 11.8 Å². The van der Waals surface area contributed by atoms with Crippen LogP contribution in [0.15, 0.2) is 34.9 Å². The van der Waals surface area contributed by atoms with E-state index in [1.807, 2.05) is 31.2 Å². The molecule has 1 saturated heterocycles. The van der Waals surface area contributed by atoms with Crippen LogP contribution in [0.4, 0.5) is 0 Å². The topological polar surface area (TPSA) is 67.2 Å². The molecule has 0 bridgehead atoms. The summed E-state index contributed by atoms with van der Waals surface area (Å²) in [6, 6.07) is 7.42. The highest BCUT2D eigenvalue weighted by Crippen LogP contribution is 2.25. The fraction of sp³-hybridized carbons (Fsp3) is 0.412. The summed E-state index contributed by atoms with van der Waals surface area (Å²) in [7, 11) is 0. The fourth-order valence-electron chi connectivity index (χ4n) is 2.28. The molecule has 144 valence electrons. The molecule has 5 nitrogen and oxygen atoms in total. The molecule has 1 aromatic carbocycles. The van der Waals surface area contributed by atoms with Gasteiger partial charge in [0.25, 0.3) is 0 Å². The Labute approximate surface area is 174 Å². The van der Waals surface area contributed by atoms with Crippen LogP contribution in [0.25, 0.3) is 11.3 Å². The zero-order valence-electron chi connectivity index (χ0n) is 14.2. The standard InChI is InChI=1S/C17H20ClN3O2S.2ClH/c1-11(17(22)21-8-12-6-19-7-12)24-10-16-20-9-15(23-16)13-2-4-14(18)5-3-13;;/h2-5,9,11-12,19H,6-8,10H2,1H3,(H,21,22);2*1H. The molecule has 3 rings (SSSR count). The molecule has 2 aromatic rings. The Hall–Kier alpha value is -0.920. The molecule has 1 amide bonds. The summed E-state index contributed by atoms with van der Waals surface area (Å²) >= 11 is 7.41. The lowest BCUT2D eigenvalue weighted by molar-refractivity contribution is -0.120. The van der Waals surface area contributed by atoms with Gasteiger partial charge in [0, 0.05) is 36.1 Å². The number of oxazole rings is 1. The van der Waals surface area contributed by atoms with Crippen molar-refractivity contribution in [2.24, 2.45) is 5.92 Å². The first-order valence-electron chi connectivity index (χ1n) is 7.92. The molecule has 9 heteroatoms. The normalized spacial score (nSPS) is 14.5. The predicted molar refractivity (Wildman–Crippen MR) is 112 cm³/mol. The van der Waals surface area contributed by atoms with Crippen LogP contribution in [-0.4, -0.2) is 35.8 Å². The minimum atomic E-state index is -0.135. The zero-order valence-corrected chi connectivity index (χ0v) is 17.4. The summed E-state index contributed by atoms with van der Waals surface area (Å²) < 4.78 is 5.75. The van der Waals surface area contributed by atoms with E-state index in [4.69, 9.17) is 16.0 Å². The van der Waals surface area contributed by atoms with Crippen LogP contribution >= 0.6 is 48.2 Å². The summed E-state index contributed by atoms with van der Waals surface area (Å²) in [6.45, 7) is 4.63. The Morgan fingerprint density at radius 3 is 2.69 bits per heavy atom. The molecule has 26 heavy (non-hydrogen) atoms. The first-order valence-corrected chi connectivity index (χ1v) is 9.35. The molecule has 2 N–H and O–H groups in total. The van der Waals surface area contributed by atoms with Crippen molar-refractivity contribution < 1.29 is 9.21 Å². The molecule has 0 saturated carbocycles.